The molecule has 0 unspecified atom stereocenters. The molecule has 0 amide bonds. The van der Waals surface area contributed by atoms with Crippen LogP contribution >= 0.6 is 0 Å². The summed E-state index contributed by atoms with van der Waals surface area (Å²) in [4.78, 5) is 0. The van der Waals surface area contributed by atoms with Gasteiger partial charge in [-0.2, -0.15) is 0 Å². The standard InChI is InChI=1S/C10H23NSi/c1-5-6-8-11-9-7-10-12(2,3)4/h7,10-11H,5-6,8-9H2,1-4H3. The van der Waals surface area contributed by atoms with Gasteiger partial charge in [0.25, 0.3) is 0 Å². The van der Waals surface area contributed by atoms with Gasteiger partial charge in [0.1, 0.15) is 0 Å². The molecule has 0 bridgehead atoms. The van der Waals surface area contributed by atoms with E-state index in [0.717, 1.165) is 13.1 Å². The maximum Gasteiger partial charge on any atom is 0.0683 e. The summed E-state index contributed by atoms with van der Waals surface area (Å²) in [5.41, 5.74) is 2.39. The Morgan fingerprint density at radius 3 is 2.42 bits per heavy atom. The monoisotopic (exact) mass is 185 g/mol. The molecule has 72 valence electrons. The zero-order chi connectivity index (χ0) is 9.45. The average molecular weight is 185 g/mol. The Morgan fingerprint density at radius 1 is 1.25 bits per heavy atom. The topological polar surface area (TPSA) is 12.0 Å². The second kappa shape index (κ2) is 6.43. The van der Waals surface area contributed by atoms with Gasteiger partial charge in [0.05, 0.1) is 8.07 Å². The first-order chi connectivity index (χ1) is 5.56. The number of rotatable bonds is 6. The molecular weight excluding hydrogens is 162 g/mol. The maximum absolute atomic E-state index is 3.39. The number of unbranched alkanes of at least 4 members (excludes halogenated alkanes) is 1. The summed E-state index contributed by atoms with van der Waals surface area (Å²) in [6.45, 7) is 11.5. The van der Waals surface area contributed by atoms with E-state index in [0.29, 0.717) is 0 Å². The molecule has 1 N–H and O–H groups in total. The summed E-state index contributed by atoms with van der Waals surface area (Å²) in [5, 5.41) is 3.39. The smallest absolute Gasteiger partial charge is 0.0683 e. The molecule has 0 aliphatic carbocycles. The van der Waals surface area contributed by atoms with Crippen LogP contribution in [0.15, 0.2) is 11.8 Å². The summed E-state index contributed by atoms with van der Waals surface area (Å²) in [7, 11) is -0.946. The van der Waals surface area contributed by atoms with E-state index < -0.39 is 8.07 Å². The van der Waals surface area contributed by atoms with E-state index in [-0.39, 0.29) is 0 Å². The summed E-state index contributed by atoms with van der Waals surface area (Å²) in [5.74, 6) is 0. The van der Waals surface area contributed by atoms with Crippen LogP contribution in [0.5, 0.6) is 0 Å². The Kier molecular flexibility index (Phi) is 6.39. The fourth-order valence-electron chi connectivity index (χ4n) is 0.900. The highest BCUT2D eigenvalue weighted by atomic mass is 28.3. The highest BCUT2D eigenvalue weighted by molar-refractivity contribution is 6.80. The lowest BCUT2D eigenvalue weighted by molar-refractivity contribution is 0.681. The fraction of sp³-hybridized carbons (Fsp3) is 0.800. The molecule has 0 saturated heterocycles. The van der Waals surface area contributed by atoms with Crippen LogP contribution in [-0.2, 0) is 0 Å². The van der Waals surface area contributed by atoms with Gasteiger partial charge in [-0.1, -0.05) is 44.8 Å². The number of hydrogen-bond acceptors (Lipinski definition) is 1. The molecule has 1 nitrogen and oxygen atoms in total. The van der Waals surface area contributed by atoms with Crippen LogP contribution in [0.1, 0.15) is 19.8 Å². The van der Waals surface area contributed by atoms with E-state index in [1.807, 2.05) is 0 Å². The average Bonchev–Trinajstić information content (AvgIpc) is 1.94. The number of hydrogen-bond donors (Lipinski definition) is 1. The third kappa shape index (κ3) is 9.92. The molecule has 0 fully saturated rings. The van der Waals surface area contributed by atoms with E-state index in [4.69, 9.17) is 0 Å². The lowest BCUT2D eigenvalue weighted by Gasteiger charge is -2.08. The minimum Gasteiger partial charge on any atom is -0.313 e. The zero-order valence-corrected chi connectivity index (χ0v) is 9.98. The van der Waals surface area contributed by atoms with Crippen molar-refractivity contribution in [1.29, 1.82) is 0 Å². The summed E-state index contributed by atoms with van der Waals surface area (Å²) < 4.78 is 0. The quantitative estimate of drug-likeness (QED) is 0.496. The summed E-state index contributed by atoms with van der Waals surface area (Å²) in [6.07, 6.45) is 4.85. The van der Waals surface area contributed by atoms with Crippen LogP contribution in [-0.4, -0.2) is 21.2 Å². The fourth-order valence-corrected chi connectivity index (χ4v) is 1.72. The first kappa shape index (κ1) is 11.9. The predicted octanol–water partition coefficient (Wildman–Crippen LogP) is 2.81. The lowest BCUT2D eigenvalue weighted by atomic mass is 10.3. The van der Waals surface area contributed by atoms with Crippen LogP contribution in [0.4, 0.5) is 0 Å². The van der Waals surface area contributed by atoms with E-state index >= 15 is 0 Å². The van der Waals surface area contributed by atoms with Gasteiger partial charge in [-0.3, -0.25) is 0 Å². The lowest BCUT2D eigenvalue weighted by Crippen LogP contribution is -2.19. The van der Waals surface area contributed by atoms with Crippen LogP contribution in [0.25, 0.3) is 0 Å². The van der Waals surface area contributed by atoms with Gasteiger partial charge in [-0.25, -0.2) is 0 Å². The molecule has 0 aromatic heterocycles. The molecule has 0 radical (unpaired) electrons. The van der Waals surface area contributed by atoms with Gasteiger partial charge in [-0.15, -0.1) is 0 Å². The van der Waals surface area contributed by atoms with Crippen molar-refractivity contribution in [3.8, 4) is 0 Å². The predicted molar refractivity (Wildman–Crippen MR) is 60.3 cm³/mol. The Hall–Kier alpha value is -0.0831. The summed E-state index contributed by atoms with van der Waals surface area (Å²) >= 11 is 0. The normalized spacial score (nSPS) is 12.7. The molecular formula is C10H23NSi. The van der Waals surface area contributed by atoms with Gasteiger partial charge in [0.2, 0.25) is 0 Å². The largest absolute Gasteiger partial charge is 0.313 e. The van der Waals surface area contributed by atoms with Crippen LogP contribution in [0.3, 0.4) is 0 Å². The molecule has 0 aliphatic rings. The molecule has 12 heavy (non-hydrogen) atoms. The Morgan fingerprint density at radius 2 is 1.92 bits per heavy atom. The highest BCUT2D eigenvalue weighted by Crippen LogP contribution is 2.00. The molecule has 0 spiro atoms. The molecule has 0 heterocycles. The molecule has 0 aliphatic heterocycles. The van der Waals surface area contributed by atoms with E-state index in [1.54, 1.807) is 0 Å². The SMILES string of the molecule is CCCCNCC=C[Si](C)(C)C. The molecule has 0 atom stereocenters. The van der Waals surface area contributed by atoms with E-state index in [2.05, 4.69) is 43.7 Å². The van der Waals surface area contributed by atoms with Crippen molar-refractivity contribution in [2.45, 2.75) is 39.4 Å². The summed E-state index contributed by atoms with van der Waals surface area (Å²) in [6, 6.07) is 0. The number of nitrogens with one attached hydrogen (secondary N) is 1. The van der Waals surface area contributed by atoms with Crippen LogP contribution < -0.4 is 5.32 Å². The van der Waals surface area contributed by atoms with Crippen molar-refractivity contribution in [1.82, 2.24) is 5.32 Å². The van der Waals surface area contributed by atoms with Crippen molar-refractivity contribution < 1.29 is 0 Å². The van der Waals surface area contributed by atoms with Crippen LogP contribution in [0.2, 0.25) is 19.6 Å². The second-order valence-corrected chi connectivity index (χ2v) is 9.39. The van der Waals surface area contributed by atoms with Gasteiger partial charge < -0.3 is 5.32 Å². The Labute approximate surface area is 78.3 Å². The Balaban J connectivity index is 3.25. The highest BCUT2D eigenvalue weighted by Gasteiger charge is 2.05. The molecule has 0 aromatic carbocycles. The third-order valence-electron chi connectivity index (χ3n) is 1.59. The minimum atomic E-state index is -0.946. The van der Waals surface area contributed by atoms with Gasteiger partial charge in [0, 0.05) is 6.54 Å². The van der Waals surface area contributed by atoms with Crippen molar-refractivity contribution in [3.05, 3.63) is 11.8 Å². The third-order valence-corrected chi connectivity index (χ3v) is 2.82. The maximum atomic E-state index is 3.39. The van der Waals surface area contributed by atoms with Crippen molar-refractivity contribution in [2.75, 3.05) is 13.1 Å². The molecule has 0 rings (SSSR count). The van der Waals surface area contributed by atoms with Crippen LogP contribution in [0, 0.1) is 0 Å². The van der Waals surface area contributed by atoms with Gasteiger partial charge in [-0.05, 0) is 13.0 Å². The Bertz CT molecular complexity index is 124. The molecule has 0 saturated carbocycles. The zero-order valence-electron chi connectivity index (χ0n) is 8.98. The van der Waals surface area contributed by atoms with Crippen molar-refractivity contribution in [2.24, 2.45) is 0 Å². The van der Waals surface area contributed by atoms with Gasteiger partial charge >= 0.3 is 0 Å². The first-order valence-electron chi connectivity index (χ1n) is 4.94. The van der Waals surface area contributed by atoms with Crippen molar-refractivity contribution in [3.63, 3.8) is 0 Å². The molecule has 0 aromatic rings. The second-order valence-electron chi connectivity index (χ2n) is 4.33. The first-order valence-corrected chi connectivity index (χ1v) is 8.52. The van der Waals surface area contributed by atoms with E-state index in [9.17, 15) is 0 Å². The minimum absolute atomic E-state index is 0.946. The van der Waals surface area contributed by atoms with Crippen molar-refractivity contribution >= 4 is 8.07 Å². The molecule has 2 heteroatoms. The van der Waals surface area contributed by atoms with Gasteiger partial charge in [0.15, 0.2) is 0 Å². The van der Waals surface area contributed by atoms with E-state index in [1.165, 1.54) is 12.8 Å².